The van der Waals surface area contributed by atoms with Crippen molar-refractivity contribution < 1.29 is 57.5 Å². The van der Waals surface area contributed by atoms with Gasteiger partial charge in [-0.3, -0.25) is 0 Å². The van der Waals surface area contributed by atoms with E-state index < -0.39 is 23.2 Å². The minimum atomic E-state index is -1.14. The van der Waals surface area contributed by atoms with Gasteiger partial charge >= 0.3 is 207 Å². The Balaban J connectivity index is 0.00000144. The van der Waals surface area contributed by atoms with Gasteiger partial charge in [-0.25, -0.2) is 0 Å². The van der Waals surface area contributed by atoms with Crippen LogP contribution in [0, 0.1) is 0 Å². The van der Waals surface area contributed by atoms with Crippen LogP contribution in [0.25, 0.3) is 12.2 Å². The van der Waals surface area contributed by atoms with Crippen molar-refractivity contribution in [2.24, 2.45) is 0 Å². The van der Waals surface area contributed by atoms with E-state index in [-0.39, 0.29) is 24.8 Å². The molecule has 6 rings (SSSR count). The smallest absolute Gasteiger partial charge is 1.00 e. The first-order valence-electron chi connectivity index (χ1n) is 11.2. The molecule has 0 spiro atoms. The topological polar surface area (TPSA) is 18.5 Å². The Hall–Kier alpha value is -2.58. The average molecular weight is 577 g/mol. The standard InChI is InChI=1S/2C15H11O.2ClH.Zr/c2*1-2-8-14(9-3-1)16-15-10-12-6-4-5-7-13(12)11-15;;;/h2*1-11H;2*1H;/q;;;;+2/p-2. The second-order valence-corrected chi connectivity index (χ2v) is 11.9. The van der Waals surface area contributed by atoms with Crippen LogP contribution in [0.4, 0.5) is 0 Å². The molecule has 4 aromatic rings. The molecule has 0 amide bonds. The predicted molar refractivity (Wildman–Crippen MR) is 128 cm³/mol. The van der Waals surface area contributed by atoms with Crippen molar-refractivity contribution >= 4 is 12.2 Å². The predicted octanol–water partition coefficient (Wildman–Crippen LogP) is 1.43. The first kappa shape index (κ1) is 25.5. The van der Waals surface area contributed by atoms with E-state index in [2.05, 4.69) is 60.7 Å². The third kappa shape index (κ3) is 5.33. The van der Waals surface area contributed by atoms with Crippen LogP contribution >= 0.6 is 0 Å². The van der Waals surface area contributed by atoms with Crippen LogP contribution in [0.5, 0.6) is 11.5 Å². The summed E-state index contributed by atoms with van der Waals surface area (Å²) in [6, 6.07) is 37.7. The van der Waals surface area contributed by atoms with Gasteiger partial charge in [-0.2, -0.15) is 0 Å². The Morgan fingerprint density at radius 1 is 0.457 bits per heavy atom. The Bertz CT molecular complexity index is 1250. The number of fused-ring (bicyclic) bond motifs is 2. The van der Waals surface area contributed by atoms with Crippen LogP contribution in [0.15, 0.2) is 121 Å². The fourth-order valence-corrected chi connectivity index (χ4v) is 9.03. The molecule has 0 N–H and O–H groups in total. The fourth-order valence-electron chi connectivity index (χ4n) is 4.53. The average Bonchev–Trinajstić information content (AvgIpc) is 3.38. The molecular formula is C30H22Cl2O2Zr. The van der Waals surface area contributed by atoms with Crippen LogP contribution < -0.4 is 34.3 Å². The molecule has 5 heteroatoms. The first-order chi connectivity index (χ1) is 16.3. The molecule has 2 aliphatic rings. The summed E-state index contributed by atoms with van der Waals surface area (Å²) in [5, 5.41) is 0. The number of allylic oxidation sites excluding steroid dienone is 2. The van der Waals surface area contributed by atoms with E-state index in [0.717, 1.165) is 23.0 Å². The van der Waals surface area contributed by atoms with Gasteiger partial charge in [-0.1, -0.05) is 0 Å². The molecule has 0 saturated carbocycles. The number of hydrogen-bond acceptors (Lipinski definition) is 2. The summed E-state index contributed by atoms with van der Waals surface area (Å²) in [6.07, 6.45) is 4.46. The van der Waals surface area contributed by atoms with Crippen molar-refractivity contribution in [3.63, 3.8) is 0 Å². The maximum atomic E-state index is 6.47. The molecule has 2 unspecified atom stereocenters. The van der Waals surface area contributed by atoms with Crippen LogP contribution in [-0.4, -0.2) is 0 Å². The molecule has 0 saturated heterocycles. The number of hydrogen-bond donors (Lipinski definition) is 0. The summed E-state index contributed by atoms with van der Waals surface area (Å²) in [6.45, 7) is 0. The number of rotatable bonds is 6. The second kappa shape index (κ2) is 11.4. The zero-order valence-corrected chi connectivity index (χ0v) is 22.7. The van der Waals surface area contributed by atoms with Crippen molar-refractivity contribution in [3.8, 4) is 11.5 Å². The van der Waals surface area contributed by atoms with E-state index in [1.165, 1.54) is 22.3 Å². The zero-order valence-electron chi connectivity index (χ0n) is 18.8. The van der Waals surface area contributed by atoms with Crippen molar-refractivity contribution in [1.29, 1.82) is 0 Å². The molecule has 2 atom stereocenters. The number of ether oxygens (including phenoxy) is 2. The molecule has 0 heterocycles. The maximum absolute atomic E-state index is 6.47. The van der Waals surface area contributed by atoms with Crippen molar-refractivity contribution in [1.82, 2.24) is 0 Å². The molecule has 0 aromatic heterocycles. The van der Waals surface area contributed by atoms with Crippen LogP contribution in [0.3, 0.4) is 0 Å². The minimum Gasteiger partial charge on any atom is -1.00 e. The van der Waals surface area contributed by atoms with Gasteiger partial charge in [0, 0.05) is 0 Å². The van der Waals surface area contributed by atoms with Gasteiger partial charge in [0.1, 0.15) is 0 Å². The second-order valence-electron chi connectivity index (χ2n) is 8.21. The van der Waals surface area contributed by atoms with E-state index in [4.69, 9.17) is 9.47 Å². The van der Waals surface area contributed by atoms with Crippen molar-refractivity contribution in [3.05, 3.63) is 143 Å². The summed E-state index contributed by atoms with van der Waals surface area (Å²) >= 11 is -1.14. The Kier molecular flexibility index (Phi) is 8.34. The normalized spacial score (nSPS) is 16.9. The molecule has 4 aromatic carbocycles. The van der Waals surface area contributed by atoms with Gasteiger partial charge in [-0.15, -0.1) is 0 Å². The van der Waals surface area contributed by atoms with E-state index in [1.54, 1.807) is 0 Å². The van der Waals surface area contributed by atoms with Gasteiger partial charge in [0.15, 0.2) is 0 Å². The summed E-state index contributed by atoms with van der Waals surface area (Å²) < 4.78 is 13.6. The molecule has 0 bridgehead atoms. The SMILES string of the molecule is C1=C(Oc2ccccc2)[CH]([Zr+2][CH]2C(Oc3ccccc3)=Cc3ccccc32)c2ccccc21.[Cl-].[Cl-]. The summed E-state index contributed by atoms with van der Waals surface area (Å²) in [4.78, 5) is 0. The summed E-state index contributed by atoms with van der Waals surface area (Å²) in [5.74, 6) is 3.92. The van der Waals surface area contributed by atoms with Gasteiger partial charge in [0.25, 0.3) is 0 Å². The monoisotopic (exact) mass is 574 g/mol. The Morgan fingerprint density at radius 2 is 0.829 bits per heavy atom. The largest absolute Gasteiger partial charge is 1.00 e. The van der Waals surface area contributed by atoms with Crippen LogP contribution in [0.1, 0.15) is 29.5 Å². The van der Waals surface area contributed by atoms with Gasteiger partial charge < -0.3 is 24.8 Å². The fraction of sp³-hybridized carbons (Fsp3) is 0.0667. The molecular weight excluding hydrogens is 554 g/mol. The van der Waals surface area contributed by atoms with Crippen LogP contribution in [-0.2, 0) is 23.2 Å². The zero-order chi connectivity index (χ0) is 22.0. The number of para-hydroxylation sites is 2. The molecule has 2 nitrogen and oxygen atoms in total. The van der Waals surface area contributed by atoms with Crippen LogP contribution in [0.2, 0.25) is 0 Å². The number of benzene rings is 4. The third-order valence-electron chi connectivity index (χ3n) is 6.07. The van der Waals surface area contributed by atoms with Gasteiger partial charge in [0.05, 0.1) is 0 Å². The quantitative estimate of drug-likeness (QED) is 0.346. The molecule has 172 valence electrons. The summed E-state index contributed by atoms with van der Waals surface area (Å²) in [7, 11) is 0. The van der Waals surface area contributed by atoms with Crippen molar-refractivity contribution in [2.75, 3.05) is 0 Å². The van der Waals surface area contributed by atoms with Gasteiger partial charge in [-0.05, 0) is 0 Å². The summed E-state index contributed by atoms with van der Waals surface area (Å²) in [5.41, 5.74) is 5.32. The molecule has 0 aliphatic heterocycles. The van der Waals surface area contributed by atoms with E-state index in [1.807, 2.05) is 60.7 Å². The van der Waals surface area contributed by atoms with E-state index in [0.29, 0.717) is 7.25 Å². The third-order valence-corrected chi connectivity index (χ3v) is 10.6. The molecule has 0 fully saturated rings. The molecule has 35 heavy (non-hydrogen) atoms. The Morgan fingerprint density at radius 3 is 1.26 bits per heavy atom. The van der Waals surface area contributed by atoms with Crippen molar-refractivity contribution in [2.45, 2.75) is 7.25 Å². The van der Waals surface area contributed by atoms with E-state index >= 15 is 0 Å². The molecule has 2 aliphatic carbocycles. The maximum Gasteiger partial charge on any atom is -1.00 e. The minimum absolute atomic E-state index is 0. The van der Waals surface area contributed by atoms with E-state index in [9.17, 15) is 0 Å². The Labute approximate surface area is 230 Å². The number of halogens is 2. The van der Waals surface area contributed by atoms with Gasteiger partial charge in [0.2, 0.25) is 0 Å². The first-order valence-corrected chi connectivity index (χ1v) is 14.0. The molecule has 0 radical (unpaired) electrons.